The molecule has 0 radical (unpaired) electrons. The number of ether oxygens (including phenoxy) is 1. The second-order valence-corrected chi connectivity index (χ2v) is 4.39. The monoisotopic (exact) mass is 204 g/mol. The highest BCUT2D eigenvalue weighted by Crippen LogP contribution is 2.34. The van der Waals surface area contributed by atoms with Crippen molar-refractivity contribution in [1.82, 2.24) is 5.32 Å². The van der Waals surface area contributed by atoms with Gasteiger partial charge in [-0.05, 0) is 19.1 Å². The summed E-state index contributed by atoms with van der Waals surface area (Å²) in [5, 5.41) is 3.49. The lowest BCUT2D eigenvalue weighted by Crippen LogP contribution is -2.59. The molecule has 1 saturated heterocycles. The Morgan fingerprint density at radius 2 is 2.27 bits per heavy atom. The summed E-state index contributed by atoms with van der Waals surface area (Å²) < 4.78 is 5.75. The summed E-state index contributed by atoms with van der Waals surface area (Å²) in [6.45, 7) is 5.13. The van der Waals surface area contributed by atoms with E-state index in [1.165, 1.54) is 5.69 Å². The van der Waals surface area contributed by atoms with Crippen LogP contribution < -0.4 is 15.0 Å². The molecule has 0 saturated carbocycles. The van der Waals surface area contributed by atoms with Crippen LogP contribution in [0.1, 0.15) is 6.92 Å². The third-order valence-electron chi connectivity index (χ3n) is 3.22. The summed E-state index contributed by atoms with van der Waals surface area (Å²) in [6.07, 6.45) is 0. The zero-order valence-corrected chi connectivity index (χ0v) is 8.94. The molecule has 1 fully saturated rings. The van der Waals surface area contributed by atoms with Gasteiger partial charge in [0.15, 0.2) is 0 Å². The molecule has 0 amide bonds. The van der Waals surface area contributed by atoms with Gasteiger partial charge in [-0.15, -0.1) is 0 Å². The number of anilines is 1. The van der Waals surface area contributed by atoms with E-state index in [-0.39, 0.29) is 0 Å². The van der Waals surface area contributed by atoms with Crippen LogP contribution in [0.2, 0.25) is 0 Å². The SMILES string of the molecule is C[C@@H]1CN2c3ccccc3OCC2CN1. The van der Waals surface area contributed by atoms with Crippen molar-refractivity contribution in [3.8, 4) is 5.75 Å². The molecule has 3 rings (SSSR count). The molecule has 0 spiro atoms. The predicted octanol–water partition coefficient (Wildman–Crippen LogP) is 1.25. The Morgan fingerprint density at radius 3 is 3.20 bits per heavy atom. The lowest BCUT2D eigenvalue weighted by Gasteiger charge is -2.44. The van der Waals surface area contributed by atoms with Crippen molar-refractivity contribution in [3.63, 3.8) is 0 Å². The fourth-order valence-corrected chi connectivity index (χ4v) is 2.40. The minimum atomic E-state index is 0.496. The Morgan fingerprint density at radius 1 is 1.40 bits per heavy atom. The quantitative estimate of drug-likeness (QED) is 0.688. The summed E-state index contributed by atoms with van der Waals surface area (Å²) in [4.78, 5) is 2.47. The van der Waals surface area contributed by atoms with Crippen LogP contribution in [0.3, 0.4) is 0 Å². The maximum atomic E-state index is 5.75. The van der Waals surface area contributed by atoms with Gasteiger partial charge in [-0.2, -0.15) is 0 Å². The molecule has 0 bridgehead atoms. The number of nitrogens with one attached hydrogen (secondary N) is 1. The largest absolute Gasteiger partial charge is 0.489 e. The van der Waals surface area contributed by atoms with Gasteiger partial charge in [-0.1, -0.05) is 12.1 Å². The molecule has 3 heteroatoms. The molecule has 15 heavy (non-hydrogen) atoms. The Labute approximate surface area is 90.0 Å². The number of fused-ring (bicyclic) bond motifs is 3. The molecule has 1 unspecified atom stereocenters. The van der Waals surface area contributed by atoms with Crippen LogP contribution in [0.15, 0.2) is 24.3 Å². The van der Waals surface area contributed by atoms with Gasteiger partial charge in [-0.3, -0.25) is 0 Å². The minimum Gasteiger partial charge on any atom is -0.489 e. The van der Waals surface area contributed by atoms with E-state index in [9.17, 15) is 0 Å². The zero-order chi connectivity index (χ0) is 10.3. The van der Waals surface area contributed by atoms with Gasteiger partial charge in [0.25, 0.3) is 0 Å². The minimum absolute atomic E-state index is 0.496. The average molecular weight is 204 g/mol. The van der Waals surface area contributed by atoms with Crippen molar-refractivity contribution in [3.05, 3.63) is 24.3 Å². The molecular formula is C12H16N2O. The van der Waals surface area contributed by atoms with E-state index < -0.39 is 0 Å². The number of benzene rings is 1. The molecule has 3 nitrogen and oxygen atoms in total. The van der Waals surface area contributed by atoms with Crippen molar-refractivity contribution >= 4 is 5.69 Å². The van der Waals surface area contributed by atoms with Gasteiger partial charge in [0, 0.05) is 19.1 Å². The summed E-state index contributed by atoms with van der Waals surface area (Å²) in [6, 6.07) is 9.38. The first-order chi connectivity index (χ1) is 7.34. The normalized spacial score (nSPS) is 29.0. The van der Waals surface area contributed by atoms with E-state index in [0.29, 0.717) is 12.1 Å². The van der Waals surface area contributed by atoms with Crippen LogP contribution in [0.5, 0.6) is 5.75 Å². The van der Waals surface area contributed by atoms with Gasteiger partial charge >= 0.3 is 0 Å². The smallest absolute Gasteiger partial charge is 0.142 e. The van der Waals surface area contributed by atoms with Crippen molar-refractivity contribution in [2.24, 2.45) is 0 Å². The summed E-state index contributed by atoms with van der Waals surface area (Å²) >= 11 is 0. The van der Waals surface area contributed by atoms with E-state index in [1.54, 1.807) is 0 Å². The second-order valence-electron chi connectivity index (χ2n) is 4.39. The highest BCUT2D eigenvalue weighted by molar-refractivity contribution is 5.61. The van der Waals surface area contributed by atoms with E-state index in [4.69, 9.17) is 4.74 Å². The fraction of sp³-hybridized carbons (Fsp3) is 0.500. The van der Waals surface area contributed by atoms with Gasteiger partial charge in [0.2, 0.25) is 0 Å². The van der Waals surface area contributed by atoms with E-state index in [2.05, 4.69) is 35.3 Å². The van der Waals surface area contributed by atoms with Crippen LogP contribution >= 0.6 is 0 Å². The molecule has 0 aliphatic carbocycles. The summed E-state index contributed by atoms with van der Waals surface area (Å²) in [5.74, 6) is 1.03. The average Bonchev–Trinajstić information content (AvgIpc) is 2.29. The van der Waals surface area contributed by atoms with Gasteiger partial charge in [0.1, 0.15) is 12.4 Å². The van der Waals surface area contributed by atoms with E-state index >= 15 is 0 Å². The molecule has 2 aliphatic heterocycles. The van der Waals surface area contributed by atoms with Crippen molar-refractivity contribution in [2.75, 3.05) is 24.6 Å². The molecule has 2 aliphatic rings. The zero-order valence-electron chi connectivity index (χ0n) is 8.94. The maximum Gasteiger partial charge on any atom is 0.142 e. The van der Waals surface area contributed by atoms with Crippen molar-refractivity contribution in [1.29, 1.82) is 0 Å². The third-order valence-corrected chi connectivity index (χ3v) is 3.22. The lowest BCUT2D eigenvalue weighted by molar-refractivity contribution is 0.236. The van der Waals surface area contributed by atoms with Gasteiger partial charge in [0.05, 0.1) is 11.7 Å². The number of para-hydroxylation sites is 2. The van der Waals surface area contributed by atoms with Gasteiger partial charge < -0.3 is 15.0 Å². The standard InChI is InChI=1S/C12H16N2O/c1-9-7-14-10(6-13-9)8-15-12-5-3-2-4-11(12)14/h2-5,9-10,13H,6-8H2,1H3/t9-,10?/m1/s1. The highest BCUT2D eigenvalue weighted by Gasteiger charge is 2.31. The molecule has 0 aromatic heterocycles. The topological polar surface area (TPSA) is 24.5 Å². The second kappa shape index (κ2) is 3.42. The number of nitrogens with zero attached hydrogens (tertiary/aromatic N) is 1. The predicted molar refractivity (Wildman–Crippen MR) is 60.5 cm³/mol. The van der Waals surface area contributed by atoms with E-state index in [1.807, 2.05) is 6.07 Å². The summed E-state index contributed by atoms with van der Waals surface area (Å²) in [7, 11) is 0. The number of hydrogen-bond donors (Lipinski definition) is 1. The molecule has 2 atom stereocenters. The summed E-state index contributed by atoms with van der Waals surface area (Å²) in [5.41, 5.74) is 1.25. The van der Waals surface area contributed by atoms with Crippen LogP contribution in [0.25, 0.3) is 0 Å². The first-order valence-corrected chi connectivity index (χ1v) is 5.56. The molecule has 80 valence electrons. The lowest BCUT2D eigenvalue weighted by atomic mass is 10.1. The third kappa shape index (κ3) is 1.47. The Balaban J connectivity index is 1.96. The van der Waals surface area contributed by atoms with Crippen LogP contribution in [0.4, 0.5) is 5.69 Å². The van der Waals surface area contributed by atoms with Crippen LogP contribution in [-0.2, 0) is 0 Å². The van der Waals surface area contributed by atoms with Gasteiger partial charge in [-0.25, -0.2) is 0 Å². The highest BCUT2D eigenvalue weighted by atomic mass is 16.5. The molecule has 1 aromatic rings. The van der Waals surface area contributed by atoms with Crippen LogP contribution in [-0.4, -0.2) is 31.8 Å². The number of rotatable bonds is 0. The molecular weight excluding hydrogens is 188 g/mol. The molecule has 2 heterocycles. The van der Waals surface area contributed by atoms with Crippen molar-refractivity contribution < 1.29 is 4.74 Å². The fourth-order valence-electron chi connectivity index (χ4n) is 2.40. The first kappa shape index (κ1) is 9.04. The molecule has 1 N–H and O–H groups in total. The first-order valence-electron chi connectivity index (χ1n) is 5.56. The van der Waals surface area contributed by atoms with E-state index in [0.717, 1.165) is 25.4 Å². The number of hydrogen-bond acceptors (Lipinski definition) is 3. The van der Waals surface area contributed by atoms with Crippen molar-refractivity contribution in [2.45, 2.75) is 19.0 Å². The maximum absolute atomic E-state index is 5.75. The van der Waals surface area contributed by atoms with Crippen LogP contribution in [0, 0.1) is 0 Å². The molecule has 1 aromatic carbocycles. The Kier molecular flexibility index (Phi) is 2.06. The Bertz CT molecular complexity index is 366. The number of piperazine rings is 1. The Hall–Kier alpha value is -1.22.